The van der Waals surface area contributed by atoms with Gasteiger partial charge >= 0.3 is 0 Å². The van der Waals surface area contributed by atoms with Crippen molar-refractivity contribution in [3.05, 3.63) is 44.7 Å². The highest BCUT2D eigenvalue weighted by Crippen LogP contribution is 2.32. The fourth-order valence-electron chi connectivity index (χ4n) is 1.61. The number of aromatic amines is 1. The van der Waals surface area contributed by atoms with Crippen LogP contribution in [0.1, 0.15) is 12.5 Å². The van der Waals surface area contributed by atoms with Gasteiger partial charge in [-0.2, -0.15) is 0 Å². The van der Waals surface area contributed by atoms with Crippen molar-refractivity contribution in [2.24, 2.45) is 0 Å². The Kier molecular flexibility index (Phi) is 5.22. The number of nitrogen functional groups attached to an aromatic ring is 1. The number of halogens is 1. The van der Waals surface area contributed by atoms with Gasteiger partial charge in [-0.1, -0.05) is 24.8 Å². The molecule has 7 heteroatoms. The lowest BCUT2D eigenvalue weighted by atomic mass is 10.2. The minimum absolute atomic E-state index is 0.219. The lowest BCUT2D eigenvalue weighted by molar-refractivity contribution is 0.726. The third-order valence-electron chi connectivity index (χ3n) is 2.52. The van der Waals surface area contributed by atoms with E-state index in [-0.39, 0.29) is 11.4 Å². The summed E-state index contributed by atoms with van der Waals surface area (Å²) in [5.41, 5.74) is 6.51. The molecule has 2 aromatic rings. The first kappa shape index (κ1) is 15.1. The van der Waals surface area contributed by atoms with E-state index in [1.807, 2.05) is 12.1 Å². The topological polar surface area (TPSA) is 83.8 Å². The van der Waals surface area contributed by atoms with Gasteiger partial charge in [0.25, 0.3) is 5.56 Å². The summed E-state index contributed by atoms with van der Waals surface area (Å²) < 4.78 is 0.961. The van der Waals surface area contributed by atoms with E-state index in [2.05, 4.69) is 44.2 Å². The number of rotatable bonds is 5. The van der Waals surface area contributed by atoms with E-state index in [0.717, 1.165) is 22.5 Å². The lowest BCUT2D eigenvalue weighted by Crippen LogP contribution is -2.11. The molecule has 1 heterocycles. The van der Waals surface area contributed by atoms with Crippen LogP contribution in [0.15, 0.2) is 43.6 Å². The van der Waals surface area contributed by atoms with Gasteiger partial charge in [-0.3, -0.25) is 4.79 Å². The molecule has 2 rings (SSSR count). The molecule has 0 unspecified atom stereocenters. The highest BCUT2D eigenvalue weighted by atomic mass is 79.9. The Morgan fingerprint density at radius 3 is 2.90 bits per heavy atom. The van der Waals surface area contributed by atoms with Crippen LogP contribution >= 0.6 is 27.7 Å². The van der Waals surface area contributed by atoms with Crippen LogP contribution in [0.3, 0.4) is 0 Å². The third kappa shape index (κ3) is 4.09. The third-order valence-corrected chi connectivity index (χ3v) is 4.40. The summed E-state index contributed by atoms with van der Waals surface area (Å²) >= 11 is 4.90. The zero-order chi connectivity index (χ0) is 14.5. The molecule has 0 aliphatic heterocycles. The number of aromatic nitrogens is 2. The second kappa shape index (κ2) is 6.92. The van der Waals surface area contributed by atoms with E-state index in [1.165, 1.54) is 23.4 Å². The number of H-pyrrole nitrogens is 1. The van der Waals surface area contributed by atoms with Gasteiger partial charge < -0.3 is 16.0 Å². The summed E-state index contributed by atoms with van der Waals surface area (Å²) in [6.07, 6.45) is 0. The molecule has 20 heavy (non-hydrogen) atoms. The Balaban J connectivity index is 2.19. The number of nitrogens with one attached hydrogen (secondary N) is 2. The predicted molar refractivity (Wildman–Crippen MR) is 84.9 cm³/mol. The van der Waals surface area contributed by atoms with Gasteiger partial charge in [0.2, 0.25) is 0 Å². The van der Waals surface area contributed by atoms with Crippen molar-refractivity contribution in [2.75, 3.05) is 12.3 Å². The van der Waals surface area contributed by atoms with Gasteiger partial charge in [0.15, 0.2) is 5.16 Å². The first-order chi connectivity index (χ1) is 9.58. The van der Waals surface area contributed by atoms with Crippen LogP contribution in [-0.2, 0) is 6.54 Å². The summed E-state index contributed by atoms with van der Waals surface area (Å²) in [5.74, 6) is 0.219. The molecule has 0 fully saturated rings. The van der Waals surface area contributed by atoms with Crippen LogP contribution in [0.2, 0.25) is 0 Å². The van der Waals surface area contributed by atoms with Gasteiger partial charge in [0.1, 0.15) is 5.82 Å². The Hall–Kier alpha value is -1.31. The van der Waals surface area contributed by atoms with Crippen molar-refractivity contribution in [1.29, 1.82) is 0 Å². The average molecular weight is 355 g/mol. The molecule has 0 radical (unpaired) electrons. The minimum Gasteiger partial charge on any atom is -0.383 e. The number of benzene rings is 1. The number of nitrogens with zero attached hydrogens (tertiary/aromatic N) is 1. The van der Waals surface area contributed by atoms with Crippen LogP contribution in [-0.4, -0.2) is 16.5 Å². The predicted octanol–water partition coefficient (Wildman–Crippen LogP) is 2.38. The molecule has 0 bridgehead atoms. The van der Waals surface area contributed by atoms with E-state index in [4.69, 9.17) is 5.73 Å². The smallest absolute Gasteiger partial charge is 0.253 e. The van der Waals surface area contributed by atoms with Crippen molar-refractivity contribution in [3.8, 4) is 0 Å². The van der Waals surface area contributed by atoms with Gasteiger partial charge in [-0.05, 0) is 40.2 Å². The molecule has 0 spiro atoms. The number of hydrogen-bond acceptors (Lipinski definition) is 5. The van der Waals surface area contributed by atoms with E-state index in [9.17, 15) is 4.79 Å². The highest BCUT2D eigenvalue weighted by Gasteiger charge is 2.06. The van der Waals surface area contributed by atoms with Gasteiger partial charge in [-0.25, -0.2) is 4.98 Å². The zero-order valence-corrected chi connectivity index (χ0v) is 13.3. The molecule has 106 valence electrons. The SMILES string of the molecule is CCNCc1ccc(Sc2nc(N)cc(=O)[nH]2)c(Br)c1. The van der Waals surface area contributed by atoms with Crippen molar-refractivity contribution < 1.29 is 0 Å². The summed E-state index contributed by atoms with van der Waals surface area (Å²) in [6, 6.07) is 7.35. The normalized spacial score (nSPS) is 10.7. The summed E-state index contributed by atoms with van der Waals surface area (Å²) in [6.45, 7) is 3.83. The Morgan fingerprint density at radius 2 is 2.25 bits per heavy atom. The maximum Gasteiger partial charge on any atom is 0.253 e. The first-order valence-electron chi connectivity index (χ1n) is 6.12. The molecule has 4 N–H and O–H groups in total. The van der Waals surface area contributed by atoms with Crippen LogP contribution in [0.5, 0.6) is 0 Å². The largest absolute Gasteiger partial charge is 0.383 e. The number of anilines is 1. The standard InChI is InChI=1S/C13H15BrN4OS/c1-2-16-7-8-3-4-10(9(14)5-8)20-13-17-11(15)6-12(19)18-13/h3-6,16H,2,7H2,1H3,(H3,15,17,18,19). The fraction of sp³-hybridized carbons (Fsp3) is 0.231. The molecule has 1 aromatic carbocycles. The average Bonchev–Trinajstić information content (AvgIpc) is 2.38. The molecular weight excluding hydrogens is 340 g/mol. The van der Waals surface area contributed by atoms with Crippen LogP contribution < -0.4 is 16.6 Å². The first-order valence-corrected chi connectivity index (χ1v) is 7.73. The summed E-state index contributed by atoms with van der Waals surface area (Å²) in [7, 11) is 0. The summed E-state index contributed by atoms with van der Waals surface area (Å²) in [4.78, 5) is 19.1. The maximum absolute atomic E-state index is 11.3. The second-order valence-electron chi connectivity index (χ2n) is 4.12. The number of hydrogen-bond donors (Lipinski definition) is 3. The quantitative estimate of drug-likeness (QED) is 0.718. The van der Waals surface area contributed by atoms with Crippen molar-refractivity contribution >= 4 is 33.5 Å². The Bertz CT molecular complexity index is 659. The van der Waals surface area contributed by atoms with Gasteiger partial charge in [-0.15, -0.1) is 0 Å². The molecule has 0 atom stereocenters. The molecule has 0 amide bonds. The van der Waals surface area contributed by atoms with Crippen molar-refractivity contribution in [2.45, 2.75) is 23.5 Å². The van der Waals surface area contributed by atoms with Crippen molar-refractivity contribution in [1.82, 2.24) is 15.3 Å². The molecule has 1 aromatic heterocycles. The van der Waals surface area contributed by atoms with Crippen LogP contribution in [0.4, 0.5) is 5.82 Å². The summed E-state index contributed by atoms with van der Waals surface area (Å²) in [5, 5.41) is 3.75. The molecular formula is C13H15BrN4OS. The Labute approximate surface area is 129 Å². The minimum atomic E-state index is -0.250. The molecule has 0 aliphatic carbocycles. The molecule has 5 nitrogen and oxygen atoms in total. The van der Waals surface area contributed by atoms with Gasteiger partial charge in [0, 0.05) is 22.0 Å². The molecule has 0 aliphatic rings. The molecule has 0 saturated heterocycles. The molecule has 0 saturated carbocycles. The van der Waals surface area contributed by atoms with E-state index >= 15 is 0 Å². The Morgan fingerprint density at radius 1 is 1.45 bits per heavy atom. The van der Waals surface area contributed by atoms with Crippen molar-refractivity contribution in [3.63, 3.8) is 0 Å². The second-order valence-corrected chi connectivity index (χ2v) is 6.01. The van der Waals surface area contributed by atoms with Gasteiger partial charge in [0.05, 0.1) is 0 Å². The fourth-order valence-corrected chi connectivity index (χ4v) is 3.08. The van der Waals surface area contributed by atoms with E-state index in [1.54, 1.807) is 0 Å². The van der Waals surface area contributed by atoms with E-state index in [0.29, 0.717) is 5.16 Å². The lowest BCUT2D eigenvalue weighted by Gasteiger charge is -2.07. The zero-order valence-electron chi connectivity index (χ0n) is 10.9. The maximum atomic E-state index is 11.3. The monoisotopic (exact) mass is 354 g/mol. The van der Waals surface area contributed by atoms with Crippen LogP contribution in [0, 0.1) is 0 Å². The highest BCUT2D eigenvalue weighted by molar-refractivity contribution is 9.10. The number of nitrogens with two attached hydrogens (primary N) is 1. The van der Waals surface area contributed by atoms with Crippen LogP contribution in [0.25, 0.3) is 0 Å². The van der Waals surface area contributed by atoms with E-state index < -0.39 is 0 Å².